The van der Waals surface area contributed by atoms with Gasteiger partial charge in [-0.1, -0.05) is 12.1 Å². The Kier molecular flexibility index (Phi) is 10.7. The highest BCUT2D eigenvalue weighted by Gasteiger charge is 2.34. The van der Waals surface area contributed by atoms with Crippen LogP contribution in [0.2, 0.25) is 0 Å². The number of fused-ring (bicyclic) bond motifs is 2. The minimum absolute atomic E-state index is 0.00184. The number of hydrazone groups is 2. The van der Waals surface area contributed by atoms with Gasteiger partial charge in [0.25, 0.3) is 30.4 Å². The minimum atomic E-state index is -5.06. The van der Waals surface area contributed by atoms with Gasteiger partial charge in [-0.25, -0.2) is 4.79 Å². The smallest absolute Gasteiger partial charge is 0.323 e. The molecule has 0 spiro atoms. The average Bonchev–Trinajstić information content (AvgIpc) is 3.13. The molecule has 0 fully saturated rings. The van der Waals surface area contributed by atoms with Crippen LogP contribution >= 0.6 is 0 Å². The topological polar surface area (TPSA) is 296 Å². The molecule has 0 heterocycles. The van der Waals surface area contributed by atoms with E-state index in [1.54, 1.807) is 24.3 Å². The van der Waals surface area contributed by atoms with Crippen molar-refractivity contribution in [1.82, 2.24) is 0 Å². The number of carbonyl (C=O) groups excluding carboxylic acids is 3. The maximum Gasteiger partial charge on any atom is 0.323 e. The van der Waals surface area contributed by atoms with E-state index in [0.717, 1.165) is 24.3 Å². The molecule has 6 rings (SSSR count). The number of allylic oxidation sites excluding steroid dienone is 2. The third-order valence-corrected chi connectivity index (χ3v) is 10.9. The van der Waals surface area contributed by atoms with Crippen molar-refractivity contribution in [3.8, 4) is 5.75 Å². The van der Waals surface area contributed by atoms with Crippen LogP contribution in [0.4, 0.5) is 27.5 Å². The highest BCUT2D eigenvalue weighted by Crippen LogP contribution is 2.31. The number of amides is 2. The van der Waals surface area contributed by atoms with Crippen molar-refractivity contribution < 1.29 is 58.0 Å². The first kappa shape index (κ1) is 40.1. The predicted molar refractivity (Wildman–Crippen MR) is 209 cm³/mol. The summed E-state index contributed by atoms with van der Waals surface area (Å²) in [5.41, 5.74) is 4.51. The van der Waals surface area contributed by atoms with E-state index in [2.05, 4.69) is 31.7 Å². The number of aryl methyl sites for hydroxylation is 1. The number of hydrogen-bond donors (Lipinski definition) is 7. The molecule has 4 aromatic carbocycles. The lowest BCUT2D eigenvalue weighted by Gasteiger charge is -2.18. The second-order valence-corrected chi connectivity index (χ2v) is 16.3. The van der Waals surface area contributed by atoms with Crippen LogP contribution in [-0.2, 0) is 30.4 Å². The van der Waals surface area contributed by atoms with Crippen LogP contribution < -0.4 is 26.2 Å². The Labute approximate surface area is 324 Å². The number of urea groups is 1. The van der Waals surface area contributed by atoms with Gasteiger partial charge in [0.1, 0.15) is 15.6 Å². The summed E-state index contributed by atoms with van der Waals surface area (Å²) in [4.78, 5) is 37.7. The van der Waals surface area contributed by atoms with Crippen LogP contribution in [0.3, 0.4) is 0 Å². The molecule has 4 aromatic rings. The van der Waals surface area contributed by atoms with Crippen molar-refractivity contribution in [3.05, 3.63) is 116 Å². The first-order valence-electron chi connectivity index (χ1n) is 16.0. The van der Waals surface area contributed by atoms with Gasteiger partial charge in [-0.15, -0.1) is 0 Å². The summed E-state index contributed by atoms with van der Waals surface area (Å²) >= 11 is 0. The molecule has 0 radical (unpaired) electrons. The molecule has 0 saturated carbocycles. The summed E-state index contributed by atoms with van der Waals surface area (Å²) in [6, 6.07) is 16.8. The van der Waals surface area contributed by atoms with Crippen molar-refractivity contribution in [3.63, 3.8) is 0 Å². The zero-order chi connectivity index (χ0) is 41.4. The lowest BCUT2D eigenvalue weighted by molar-refractivity contribution is 0.105. The number of methoxy groups -OCH3 is 1. The van der Waals surface area contributed by atoms with Gasteiger partial charge in [0.15, 0.2) is 11.4 Å². The van der Waals surface area contributed by atoms with Crippen LogP contribution in [0.25, 0.3) is 12.2 Å². The maximum atomic E-state index is 13.4. The number of anilines is 4. The SMILES string of the molecule is COc1ccccc1N/N=C1/C(=O)c2ccc(NC(=O)Nc3ccc4c(c3)C=C(S(=O)(=O)O)/C(=N/Nc3ccc(S(=O)(=O)O)cc3C)C4=O)cc2C=C1S(=O)(=O)O. The summed E-state index contributed by atoms with van der Waals surface area (Å²) in [5.74, 6) is -1.44. The molecule has 22 heteroatoms. The van der Waals surface area contributed by atoms with Crippen molar-refractivity contribution in [2.24, 2.45) is 10.2 Å². The standard InChI is InChI=1S/C35H28N6O13S3/c1-18-13-23(55(45,46)47)9-12-26(18)38-40-31-29(56(48,49)50)16-19-14-21(7-10-24(19)33(31)42)36-35(44)37-22-8-11-25-20(15-22)17-30(57(51,52)53)32(34(25)43)41-39-27-5-3-4-6-28(27)54-2/h3-17,38-39H,1-2H3,(H2,36,37,44)(H,45,46,47)(H,48,49,50)(H,51,52,53)/b40-31-,41-32+. The van der Waals surface area contributed by atoms with Crippen LogP contribution in [0.15, 0.2) is 104 Å². The van der Waals surface area contributed by atoms with Gasteiger partial charge in [-0.2, -0.15) is 35.5 Å². The molecule has 2 aliphatic rings. The molecule has 0 aliphatic heterocycles. The van der Waals surface area contributed by atoms with Gasteiger partial charge in [-0.05, 0) is 102 Å². The van der Waals surface area contributed by atoms with Gasteiger partial charge in [-0.3, -0.25) is 34.1 Å². The Hall–Kier alpha value is -6.56. The number of Topliss-reactive ketones (excluding diaryl/α,β-unsaturated/α-hetero) is 2. The number of ether oxygens (including phenoxy) is 1. The lowest BCUT2D eigenvalue weighted by atomic mass is 9.94. The minimum Gasteiger partial charge on any atom is -0.495 e. The van der Waals surface area contributed by atoms with E-state index in [0.29, 0.717) is 11.4 Å². The second kappa shape index (κ2) is 15.2. The Bertz CT molecular complexity index is 2890. The fourth-order valence-electron chi connectivity index (χ4n) is 5.62. The summed E-state index contributed by atoms with van der Waals surface area (Å²) in [7, 11) is -13.2. The van der Waals surface area contributed by atoms with Crippen LogP contribution in [0.5, 0.6) is 5.75 Å². The number of benzene rings is 4. The summed E-state index contributed by atoms with van der Waals surface area (Å²) in [6.45, 7) is 1.46. The van der Waals surface area contributed by atoms with Crippen LogP contribution in [0.1, 0.15) is 37.4 Å². The first-order valence-corrected chi connectivity index (χ1v) is 20.3. The van der Waals surface area contributed by atoms with E-state index in [1.807, 2.05) is 0 Å². The molecule has 2 aliphatic carbocycles. The highest BCUT2D eigenvalue weighted by molar-refractivity contribution is 7.91. The largest absolute Gasteiger partial charge is 0.495 e. The Balaban J connectivity index is 1.22. The Morgan fingerprint density at radius 2 is 1.12 bits per heavy atom. The Morgan fingerprint density at radius 3 is 1.58 bits per heavy atom. The maximum absolute atomic E-state index is 13.4. The monoisotopic (exact) mass is 836 g/mol. The molecule has 294 valence electrons. The molecule has 57 heavy (non-hydrogen) atoms. The second-order valence-electron chi connectivity index (χ2n) is 12.1. The summed E-state index contributed by atoms with van der Waals surface area (Å²) < 4.78 is 107. The number of para-hydroxylation sites is 2. The number of ketones is 2. The molecular formula is C35H28N6O13S3. The average molecular weight is 837 g/mol. The third kappa shape index (κ3) is 8.65. The normalized spacial score (nSPS) is 15.6. The fraction of sp³-hybridized carbons (Fsp3) is 0.0571. The van der Waals surface area contributed by atoms with Crippen molar-refractivity contribution in [2.45, 2.75) is 11.8 Å². The van der Waals surface area contributed by atoms with E-state index >= 15 is 0 Å². The molecule has 0 aromatic heterocycles. The van der Waals surface area contributed by atoms with Gasteiger partial charge >= 0.3 is 6.03 Å². The quantitative estimate of drug-likeness (QED) is 0.0843. The number of carbonyl (C=O) groups is 3. The van der Waals surface area contributed by atoms with E-state index in [1.165, 1.54) is 56.5 Å². The van der Waals surface area contributed by atoms with E-state index in [4.69, 9.17) is 4.74 Å². The number of nitrogens with one attached hydrogen (secondary N) is 4. The highest BCUT2D eigenvalue weighted by atomic mass is 32.2. The fourth-order valence-corrected chi connectivity index (χ4v) is 7.50. The predicted octanol–water partition coefficient (Wildman–Crippen LogP) is 4.68. The molecule has 0 bridgehead atoms. The number of hydrogen-bond acceptors (Lipinski definition) is 14. The van der Waals surface area contributed by atoms with Crippen molar-refractivity contribution >= 4 is 94.3 Å². The van der Waals surface area contributed by atoms with Crippen LogP contribution in [0, 0.1) is 6.92 Å². The van der Waals surface area contributed by atoms with Gasteiger partial charge in [0.2, 0.25) is 11.6 Å². The van der Waals surface area contributed by atoms with Crippen molar-refractivity contribution in [1.29, 1.82) is 0 Å². The molecule has 7 N–H and O–H groups in total. The Morgan fingerprint density at radius 1 is 0.632 bits per heavy atom. The van der Waals surface area contributed by atoms with Crippen LogP contribution in [-0.4, -0.2) is 75.0 Å². The zero-order valence-corrected chi connectivity index (χ0v) is 31.7. The van der Waals surface area contributed by atoms with E-state index < -0.39 is 74.1 Å². The molecule has 19 nitrogen and oxygen atoms in total. The third-order valence-electron chi connectivity index (χ3n) is 8.31. The van der Waals surface area contributed by atoms with E-state index in [9.17, 15) is 53.3 Å². The molecular weight excluding hydrogens is 809 g/mol. The molecule has 0 atom stereocenters. The molecule has 2 amide bonds. The van der Waals surface area contributed by atoms with Gasteiger partial charge in [0, 0.05) is 22.5 Å². The van der Waals surface area contributed by atoms with Gasteiger partial charge < -0.3 is 15.4 Å². The zero-order valence-electron chi connectivity index (χ0n) is 29.2. The molecule has 0 saturated heterocycles. The van der Waals surface area contributed by atoms with E-state index in [-0.39, 0.29) is 44.9 Å². The summed E-state index contributed by atoms with van der Waals surface area (Å²) in [6.07, 6.45) is 1.96. The number of nitrogens with zero attached hydrogens (tertiary/aromatic N) is 2. The lowest BCUT2D eigenvalue weighted by Crippen LogP contribution is -2.27. The molecule has 0 unspecified atom stereocenters. The van der Waals surface area contributed by atoms with Crippen molar-refractivity contribution in [2.75, 3.05) is 28.6 Å². The number of rotatable bonds is 10. The first-order chi connectivity index (χ1) is 26.7. The summed E-state index contributed by atoms with van der Waals surface area (Å²) in [5, 5.41) is 12.8. The van der Waals surface area contributed by atoms with Gasteiger partial charge in [0.05, 0.1) is 23.4 Å².